The van der Waals surface area contributed by atoms with Gasteiger partial charge in [-0.25, -0.2) is 0 Å². The van der Waals surface area contributed by atoms with Crippen molar-refractivity contribution in [1.82, 2.24) is 5.32 Å². The zero-order chi connectivity index (χ0) is 29.4. The molecule has 0 saturated heterocycles. The second-order valence-corrected chi connectivity index (χ2v) is 12.7. The average Bonchev–Trinajstić information content (AvgIpc) is 2.96. The van der Waals surface area contributed by atoms with E-state index in [9.17, 15) is 15.0 Å². The lowest BCUT2D eigenvalue weighted by atomic mass is 10.0. The maximum absolute atomic E-state index is 12.3. The van der Waals surface area contributed by atoms with Crippen molar-refractivity contribution >= 4 is 5.91 Å². The lowest BCUT2D eigenvalue weighted by Crippen LogP contribution is -2.45. The van der Waals surface area contributed by atoms with Crippen LogP contribution in [0.2, 0.25) is 0 Å². The molecular weight excluding hydrogens is 494 g/mol. The van der Waals surface area contributed by atoms with E-state index >= 15 is 0 Å². The van der Waals surface area contributed by atoms with Crippen LogP contribution < -0.4 is 5.32 Å². The number of aliphatic hydroxyl groups excluding tert-OH is 2. The van der Waals surface area contributed by atoms with E-state index in [0.29, 0.717) is 12.8 Å². The maximum atomic E-state index is 12.3. The van der Waals surface area contributed by atoms with Crippen LogP contribution in [0, 0.1) is 0 Å². The van der Waals surface area contributed by atoms with Gasteiger partial charge in [0.15, 0.2) is 0 Å². The Morgan fingerprint density at radius 1 is 0.500 bits per heavy atom. The predicted octanol–water partition coefficient (Wildman–Crippen LogP) is 10.6. The maximum Gasteiger partial charge on any atom is 0.220 e. The summed E-state index contributed by atoms with van der Waals surface area (Å²) in [6.07, 6.45) is 37.2. The molecule has 4 heteroatoms. The molecule has 0 saturated carbocycles. The van der Waals surface area contributed by atoms with Crippen molar-refractivity contribution in [1.29, 1.82) is 0 Å². The normalized spacial score (nSPS) is 13.0. The molecule has 240 valence electrons. The van der Waals surface area contributed by atoms with Gasteiger partial charge in [-0.05, 0) is 12.8 Å². The summed E-state index contributed by atoms with van der Waals surface area (Å²) in [6, 6.07) is -0.527. The smallest absolute Gasteiger partial charge is 0.220 e. The summed E-state index contributed by atoms with van der Waals surface area (Å²) >= 11 is 0. The van der Waals surface area contributed by atoms with Gasteiger partial charge < -0.3 is 15.5 Å². The first-order chi connectivity index (χ1) is 19.7. The van der Waals surface area contributed by atoms with Gasteiger partial charge in [0.05, 0.1) is 18.8 Å². The number of carbonyl (C=O) groups excluding carboxylic acids is 1. The number of hydrogen-bond acceptors (Lipinski definition) is 3. The number of aliphatic hydroxyl groups is 2. The summed E-state index contributed by atoms with van der Waals surface area (Å²) in [5.41, 5.74) is 0. The second-order valence-electron chi connectivity index (χ2n) is 12.7. The van der Waals surface area contributed by atoms with Gasteiger partial charge in [0.25, 0.3) is 0 Å². The van der Waals surface area contributed by atoms with Crippen LogP contribution in [0.3, 0.4) is 0 Å². The minimum atomic E-state index is -0.650. The zero-order valence-corrected chi connectivity index (χ0v) is 27.4. The number of hydrogen-bond donors (Lipinski definition) is 3. The summed E-state index contributed by atoms with van der Waals surface area (Å²) in [5, 5.41) is 23.0. The van der Waals surface area contributed by atoms with Crippen LogP contribution in [0.4, 0.5) is 0 Å². The lowest BCUT2D eigenvalue weighted by Gasteiger charge is -2.22. The van der Waals surface area contributed by atoms with Gasteiger partial charge in [0.1, 0.15) is 0 Å². The van der Waals surface area contributed by atoms with Gasteiger partial charge in [-0.1, -0.05) is 187 Å². The highest BCUT2D eigenvalue weighted by Gasteiger charge is 2.19. The Morgan fingerprint density at radius 2 is 0.800 bits per heavy atom. The van der Waals surface area contributed by atoms with Crippen LogP contribution in [-0.4, -0.2) is 34.9 Å². The van der Waals surface area contributed by atoms with E-state index < -0.39 is 12.1 Å². The molecule has 0 aromatic rings. The van der Waals surface area contributed by atoms with Crippen molar-refractivity contribution in [3.8, 4) is 0 Å². The van der Waals surface area contributed by atoms with E-state index in [4.69, 9.17) is 0 Å². The van der Waals surface area contributed by atoms with Crippen molar-refractivity contribution < 1.29 is 15.0 Å². The molecule has 2 atom stereocenters. The highest BCUT2D eigenvalue weighted by molar-refractivity contribution is 5.76. The largest absolute Gasteiger partial charge is 0.394 e. The number of amides is 1. The molecule has 1 amide bonds. The Kier molecular flexibility index (Phi) is 32.4. The Balaban J connectivity index is 3.52. The molecule has 0 aliphatic rings. The third-order valence-corrected chi connectivity index (χ3v) is 8.62. The van der Waals surface area contributed by atoms with Crippen molar-refractivity contribution in [3.63, 3.8) is 0 Å². The topological polar surface area (TPSA) is 69.6 Å². The second kappa shape index (κ2) is 32.9. The van der Waals surface area contributed by atoms with Crippen LogP contribution in [0.15, 0.2) is 0 Å². The van der Waals surface area contributed by atoms with Gasteiger partial charge in [-0.2, -0.15) is 0 Å². The average molecular weight is 568 g/mol. The Hall–Kier alpha value is -0.610. The third-order valence-electron chi connectivity index (χ3n) is 8.62. The molecule has 0 aliphatic carbocycles. The molecule has 40 heavy (non-hydrogen) atoms. The SMILES string of the molecule is CCCCCCCCCCCCCCCCCC(=O)N[C@H](CO)[C@H](O)CCCCCCCCCCCCCCC. The zero-order valence-electron chi connectivity index (χ0n) is 27.4. The molecule has 0 spiro atoms. The number of nitrogens with one attached hydrogen (secondary N) is 1. The van der Waals surface area contributed by atoms with Crippen LogP contribution in [0.1, 0.15) is 206 Å². The Morgan fingerprint density at radius 3 is 1.12 bits per heavy atom. The monoisotopic (exact) mass is 568 g/mol. The van der Waals surface area contributed by atoms with Crippen molar-refractivity contribution in [2.75, 3.05) is 6.61 Å². The van der Waals surface area contributed by atoms with Crippen LogP contribution in [-0.2, 0) is 4.79 Å². The highest BCUT2D eigenvalue weighted by atomic mass is 16.3. The van der Waals surface area contributed by atoms with E-state index in [1.54, 1.807) is 0 Å². The molecule has 0 aliphatic heterocycles. The van der Waals surface area contributed by atoms with Gasteiger partial charge in [-0.15, -0.1) is 0 Å². The fourth-order valence-electron chi connectivity index (χ4n) is 5.77. The Bertz CT molecular complexity index is 498. The van der Waals surface area contributed by atoms with Crippen LogP contribution in [0.25, 0.3) is 0 Å². The Labute approximate surface area is 251 Å². The molecule has 0 unspecified atom stereocenters. The number of unbranched alkanes of at least 4 members (excludes halogenated alkanes) is 26. The van der Waals surface area contributed by atoms with E-state index in [1.165, 1.54) is 154 Å². The van der Waals surface area contributed by atoms with Crippen LogP contribution in [0.5, 0.6) is 0 Å². The lowest BCUT2D eigenvalue weighted by molar-refractivity contribution is -0.123. The molecule has 0 rings (SSSR count). The molecular formula is C36H73NO3. The minimum absolute atomic E-state index is 0.0295. The quantitative estimate of drug-likeness (QED) is 0.0691. The number of rotatable bonds is 33. The van der Waals surface area contributed by atoms with E-state index in [0.717, 1.165) is 25.7 Å². The van der Waals surface area contributed by atoms with E-state index in [1.807, 2.05) is 0 Å². The summed E-state index contributed by atoms with van der Waals surface area (Å²) < 4.78 is 0. The van der Waals surface area contributed by atoms with Gasteiger partial charge >= 0.3 is 0 Å². The fourth-order valence-corrected chi connectivity index (χ4v) is 5.77. The predicted molar refractivity (Wildman–Crippen MR) is 175 cm³/mol. The van der Waals surface area contributed by atoms with Gasteiger partial charge in [0.2, 0.25) is 5.91 Å². The summed E-state index contributed by atoms with van der Waals surface area (Å²) in [4.78, 5) is 12.3. The van der Waals surface area contributed by atoms with Crippen molar-refractivity contribution in [3.05, 3.63) is 0 Å². The van der Waals surface area contributed by atoms with Gasteiger partial charge in [-0.3, -0.25) is 4.79 Å². The first kappa shape index (κ1) is 39.4. The minimum Gasteiger partial charge on any atom is -0.394 e. The van der Waals surface area contributed by atoms with Crippen molar-refractivity contribution in [2.45, 2.75) is 219 Å². The van der Waals surface area contributed by atoms with E-state index in [2.05, 4.69) is 19.2 Å². The molecule has 3 N–H and O–H groups in total. The molecule has 0 radical (unpaired) electrons. The highest BCUT2D eigenvalue weighted by Crippen LogP contribution is 2.15. The van der Waals surface area contributed by atoms with Gasteiger partial charge in [0, 0.05) is 6.42 Å². The molecule has 0 heterocycles. The molecule has 0 fully saturated rings. The van der Waals surface area contributed by atoms with Crippen molar-refractivity contribution in [2.24, 2.45) is 0 Å². The summed E-state index contributed by atoms with van der Waals surface area (Å²) in [6.45, 7) is 4.36. The van der Waals surface area contributed by atoms with Crippen LogP contribution >= 0.6 is 0 Å². The first-order valence-electron chi connectivity index (χ1n) is 18.2. The fraction of sp³-hybridized carbons (Fsp3) is 0.972. The molecule has 0 aromatic carbocycles. The van der Waals surface area contributed by atoms with E-state index in [-0.39, 0.29) is 12.5 Å². The molecule has 4 nitrogen and oxygen atoms in total. The molecule has 0 aromatic heterocycles. The summed E-state index contributed by atoms with van der Waals surface area (Å²) in [5.74, 6) is -0.0295. The summed E-state index contributed by atoms with van der Waals surface area (Å²) in [7, 11) is 0. The molecule has 0 bridgehead atoms. The first-order valence-corrected chi connectivity index (χ1v) is 18.2. The third kappa shape index (κ3) is 28.9. The standard InChI is InChI=1S/C36H73NO3/c1-3-5-7-9-11-13-15-17-18-20-22-24-26-28-30-32-36(40)37-34(33-38)35(39)31-29-27-25-23-21-19-16-14-12-10-8-6-4-2/h34-35,38-39H,3-33H2,1-2H3,(H,37,40)/t34-,35-/m1/s1. The number of carbonyl (C=O) groups is 1.